The van der Waals surface area contributed by atoms with Crippen molar-refractivity contribution in [3.63, 3.8) is 0 Å². The Labute approximate surface area is 56.9 Å². The summed E-state index contributed by atoms with van der Waals surface area (Å²) in [6.45, 7) is 4.54. The lowest BCUT2D eigenvalue weighted by Crippen LogP contribution is -2.18. The lowest BCUT2D eigenvalue weighted by atomic mass is 9.80. The number of rotatable bonds is 0. The maximum Gasteiger partial charge on any atom is 0.00453 e. The molecular formula is C8H15N. The van der Waals surface area contributed by atoms with Gasteiger partial charge in [0.1, 0.15) is 0 Å². The monoisotopic (exact) mass is 125 g/mol. The van der Waals surface area contributed by atoms with Gasteiger partial charge in [-0.3, -0.25) is 0 Å². The van der Waals surface area contributed by atoms with E-state index in [-0.39, 0.29) is 0 Å². The highest BCUT2D eigenvalue weighted by atomic mass is 14.6. The van der Waals surface area contributed by atoms with Gasteiger partial charge in [0.2, 0.25) is 0 Å². The Balaban J connectivity index is 2.59. The van der Waals surface area contributed by atoms with Gasteiger partial charge in [-0.2, -0.15) is 0 Å². The smallest absolute Gasteiger partial charge is 0.00453 e. The molecule has 52 valence electrons. The third-order valence-corrected chi connectivity index (χ3v) is 1.91. The Morgan fingerprint density at radius 3 is 2.56 bits per heavy atom. The molecule has 2 N–H and O–H groups in total. The Hall–Kier alpha value is -0.460. The van der Waals surface area contributed by atoms with Crippen LogP contribution in [-0.4, -0.2) is 0 Å². The molecule has 1 heteroatoms. The van der Waals surface area contributed by atoms with E-state index in [0.29, 0.717) is 5.41 Å². The average Bonchev–Trinajstić information content (AvgIpc) is 1.60. The molecule has 0 saturated carbocycles. The molecule has 0 saturated heterocycles. The summed E-state index contributed by atoms with van der Waals surface area (Å²) >= 11 is 0. The van der Waals surface area contributed by atoms with Gasteiger partial charge in [0, 0.05) is 5.70 Å². The SMILES string of the molecule is CC1(C)CCC=C(N)C1. The lowest BCUT2D eigenvalue weighted by molar-refractivity contribution is 0.319. The molecule has 0 heterocycles. The van der Waals surface area contributed by atoms with E-state index < -0.39 is 0 Å². The lowest BCUT2D eigenvalue weighted by Gasteiger charge is -2.27. The normalized spacial score (nSPS) is 25.3. The molecule has 0 spiro atoms. The van der Waals surface area contributed by atoms with Crippen molar-refractivity contribution >= 4 is 0 Å². The topological polar surface area (TPSA) is 26.0 Å². The summed E-state index contributed by atoms with van der Waals surface area (Å²) in [5, 5.41) is 0. The molecular weight excluding hydrogens is 110 g/mol. The van der Waals surface area contributed by atoms with Crippen LogP contribution in [0.25, 0.3) is 0 Å². The highest BCUT2D eigenvalue weighted by Gasteiger charge is 2.20. The van der Waals surface area contributed by atoms with Gasteiger partial charge in [0.15, 0.2) is 0 Å². The predicted octanol–water partition coefficient (Wildman–Crippen LogP) is 2.04. The van der Waals surface area contributed by atoms with Crippen molar-refractivity contribution in [2.45, 2.75) is 33.1 Å². The third-order valence-electron chi connectivity index (χ3n) is 1.91. The van der Waals surface area contributed by atoms with Gasteiger partial charge in [0.25, 0.3) is 0 Å². The number of allylic oxidation sites excluding steroid dienone is 2. The summed E-state index contributed by atoms with van der Waals surface area (Å²) in [6.07, 6.45) is 5.67. The van der Waals surface area contributed by atoms with Crippen LogP contribution < -0.4 is 5.73 Å². The summed E-state index contributed by atoms with van der Waals surface area (Å²) in [7, 11) is 0. The molecule has 1 aliphatic carbocycles. The first kappa shape index (κ1) is 6.66. The highest BCUT2D eigenvalue weighted by Crippen LogP contribution is 2.32. The Morgan fingerprint density at radius 1 is 1.56 bits per heavy atom. The van der Waals surface area contributed by atoms with Gasteiger partial charge >= 0.3 is 0 Å². The molecule has 0 radical (unpaired) electrons. The van der Waals surface area contributed by atoms with E-state index in [1.54, 1.807) is 0 Å². The summed E-state index contributed by atoms with van der Waals surface area (Å²) in [5.41, 5.74) is 7.20. The molecule has 9 heavy (non-hydrogen) atoms. The first-order valence-corrected chi connectivity index (χ1v) is 3.55. The molecule has 1 aliphatic rings. The van der Waals surface area contributed by atoms with Crippen LogP contribution in [0.15, 0.2) is 11.8 Å². The van der Waals surface area contributed by atoms with Gasteiger partial charge in [0.05, 0.1) is 0 Å². The Bertz CT molecular complexity index is 134. The minimum absolute atomic E-state index is 0.457. The molecule has 0 bridgehead atoms. The third kappa shape index (κ3) is 1.74. The molecule has 0 aromatic carbocycles. The van der Waals surface area contributed by atoms with Crippen LogP contribution in [-0.2, 0) is 0 Å². The number of nitrogens with two attached hydrogens (primary N) is 1. The fourth-order valence-corrected chi connectivity index (χ4v) is 1.36. The molecule has 0 unspecified atom stereocenters. The molecule has 0 aromatic heterocycles. The van der Waals surface area contributed by atoms with E-state index >= 15 is 0 Å². The van der Waals surface area contributed by atoms with Crippen LogP contribution in [0.3, 0.4) is 0 Å². The van der Waals surface area contributed by atoms with Crippen LogP contribution in [0.4, 0.5) is 0 Å². The minimum Gasteiger partial charge on any atom is -0.402 e. The van der Waals surface area contributed by atoms with E-state index in [4.69, 9.17) is 5.73 Å². The van der Waals surface area contributed by atoms with Crippen molar-refractivity contribution in [2.24, 2.45) is 11.1 Å². The summed E-state index contributed by atoms with van der Waals surface area (Å²) < 4.78 is 0. The average molecular weight is 125 g/mol. The van der Waals surface area contributed by atoms with Gasteiger partial charge in [-0.25, -0.2) is 0 Å². The zero-order chi connectivity index (χ0) is 6.91. The molecule has 1 rings (SSSR count). The van der Waals surface area contributed by atoms with Crippen molar-refractivity contribution in [1.29, 1.82) is 0 Å². The van der Waals surface area contributed by atoms with Crippen LogP contribution in [0.1, 0.15) is 33.1 Å². The fraction of sp³-hybridized carbons (Fsp3) is 0.750. The van der Waals surface area contributed by atoms with E-state index in [1.165, 1.54) is 12.8 Å². The van der Waals surface area contributed by atoms with E-state index in [9.17, 15) is 0 Å². The van der Waals surface area contributed by atoms with Gasteiger partial charge in [-0.15, -0.1) is 0 Å². The second-order valence-corrected chi connectivity index (χ2v) is 3.66. The van der Waals surface area contributed by atoms with Crippen molar-refractivity contribution in [3.8, 4) is 0 Å². The second-order valence-electron chi connectivity index (χ2n) is 3.66. The maximum atomic E-state index is 5.67. The molecule has 0 atom stereocenters. The van der Waals surface area contributed by atoms with Crippen molar-refractivity contribution < 1.29 is 0 Å². The predicted molar refractivity (Wildman–Crippen MR) is 39.9 cm³/mol. The molecule has 0 amide bonds. The quantitative estimate of drug-likeness (QED) is 0.526. The zero-order valence-corrected chi connectivity index (χ0v) is 6.28. The van der Waals surface area contributed by atoms with Crippen LogP contribution in [0, 0.1) is 5.41 Å². The van der Waals surface area contributed by atoms with Crippen molar-refractivity contribution in [1.82, 2.24) is 0 Å². The van der Waals surface area contributed by atoms with Gasteiger partial charge < -0.3 is 5.73 Å². The Kier molecular flexibility index (Phi) is 1.52. The summed E-state index contributed by atoms with van der Waals surface area (Å²) in [6, 6.07) is 0. The van der Waals surface area contributed by atoms with E-state index in [2.05, 4.69) is 19.9 Å². The molecule has 0 aliphatic heterocycles. The second kappa shape index (κ2) is 2.05. The van der Waals surface area contributed by atoms with Crippen LogP contribution in [0.2, 0.25) is 0 Å². The first-order chi connectivity index (χ1) is 4.10. The largest absolute Gasteiger partial charge is 0.402 e. The van der Waals surface area contributed by atoms with Crippen LogP contribution >= 0.6 is 0 Å². The van der Waals surface area contributed by atoms with Crippen LogP contribution in [0.5, 0.6) is 0 Å². The Morgan fingerprint density at radius 2 is 2.22 bits per heavy atom. The summed E-state index contributed by atoms with van der Waals surface area (Å²) in [5.74, 6) is 0. The molecule has 0 aromatic rings. The van der Waals surface area contributed by atoms with Gasteiger partial charge in [-0.1, -0.05) is 19.9 Å². The highest BCUT2D eigenvalue weighted by molar-refractivity contribution is 5.04. The molecule has 1 nitrogen and oxygen atoms in total. The van der Waals surface area contributed by atoms with Crippen molar-refractivity contribution in [3.05, 3.63) is 11.8 Å². The number of hydrogen-bond donors (Lipinski definition) is 1. The van der Waals surface area contributed by atoms with Gasteiger partial charge in [-0.05, 0) is 24.7 Å². The van der Waals surface area contributed by atoms with Crippen molar-refractivity contribution in [2.75, 3.05) is 0 Å². The first-order valence-electron chi connectivity index (χ1n) is 3.55. The maximum absolute atomic E-state index is 5.67. The molecule has 0 fully saturated rings. The van der Waals surface area contributed by atoms with E-state index in [0.717, 1.165) is 12.1 Å². The minimum atomic E-state index is 0.457. The fourth-order valence-electron chi connectivity index (χ4n) is 1.36. The number of hydrogen-bond acceptors (Lipinski definition) is 1. The summed E-state index contributed by atoms with van der Waals surface area (Å²) in [4.78, 5) is 0. The standard InChI is InChI=1S/C8H15N/c1-8(2)5-3-4-7(9)6-8/h4H,3,5-6,9H2,1-2H3. The zero-order valence-electron chi connectivity index (χ0n) is 6.28. The van der Waals surface area contributed by atoms with E-state index in [1.807, 2.05) is 0 Å².